The molecule has 0 unspecified atom stereocenters. The maximum atomic E-state index is 12.8. The van der Waals surface area contributed by atoms with Gasteiger partial charge in [-0.05, 0) is 86.8 Å². The molecule has 6 nitrogen and oxygen atoms in total. The third-order valence-electron chi connectivity index (χ3n) is 6.50. The number of hydrogen-bond acceptors (Lipinski definition) is 4. The molecule has 1 saturated heterocycles. The van der Waals surface area contributed by atoms with Gasteiger partial charge in [-0.2, -0.15) is 0 Å². The second-order valence-electron chi connectivity index (χ2n) is 8.76. The summed E-state index contributed by atoms with van der Waals surface area (Å²) >= 11 is 0. The summed E-state index contributed by atoms with van der Waals surface area (Å²) in [6, 6.07) is 21.9. The molecule has 1 atom stereocenters. The lowest BCUT2D eigenvalue weighted by molar-refractivity contribution is 0.0938. The molecule has 0 bridgehead atoms. The lowest BCUT2D eigenvalue weighted by Gasteiger charge is -2.28. The smallest absolute Gasteiger partial charge is 0.261 e. The molecule has 0 saturated carbocycles. The van der Waals surface area contributed by atoms with Crippen LogP contribution in [0, 0.1) is 13.8 Å². The molecule has 1 aliphatic rings. The van der Waals surface area contributed by atoms with Crippen molar-refractivity contribution < 1.29 is 13.2 Å². The topological polar surface area (TPSA) is 78.5 Å². The zero-order valence-electron chi connectivity index (χ0n) is 19.6. The normalized spacial score (nSPS) is 15.1. The molecule has 178 valence electrons. The number of nitrogens with one attached hydrogen (secondary N) is 2. The van der Waals surface area contributed by atoms with E-state index in [0.29, 0.717) is 17.8 Å². The summed E-state index contributed by atoms with van der Waals surface area (Å²) in [6.45, 7) is 6.36. The van der Waals surface area contributed by atoms with Crippen molar-refractivity contribution in [3.63, 3.8) is 0 Å². The van der Waals surface area contributed by atoms with Crippen LogP contribution in [0.5, 0.6) is 0 Å². The Morgan fingerprint density at radius 3 is 2.26 bits per heavy atom. The maximum absolute atomic E-state index is 12.8. The minimum Gasteiger partial charge on any atom is -0.350 e. The van der Waals surface area contributed by atoms with E-state index in [1.165, 1.54) is 30.5 Å². The van der Waals surface area contributed by atoms with Crippen LogP contribution in [0.1, 0.15) is 45.9 Å². The van der Waals surface area contributed by atoms with E-state index in [9.17, 15) is 13.2 Å². The van der Waals surface area contributed by atoms with Crippen molar-refractivity contribution >= 4 is 21.6 Å². The monoisotopic (exact) mass is 477 g/mol. The zero-order valence-corrected chi connectivity index (χ0v) is 20.4. The van der Waals surface area contributed by atoms with Gasteiger partial charge in [0.05, 0.1) is 16.6 Å². The number of aryl methyl sites for hydroxylation is 1. The van der Waals surface area contributed by atoms with Gasteiger partial charge in [0.15, 0.2) is 0 Å². The van der Waals surface area contributed by atoms with Gasteiger partial charge < -0.3 is 5.32 Å². The fourth-order valence-electron chi connectivity index (χ4n) is 4.33. The molecule has 0 aromatic heterocycles. The van der Waals surface area contributed by atoms with Crippen molar-refractivity contribution in [3.05, 3.63) is 95.1 Å². The van der Waals surface area contributed by atoms with E-state index in [-0.39, 0.29) is 16.8 Å². The Labute approximate surface area is 202 Å². The lowest BCUT2D eigenvalue weighted by Crippen LogP contribution is -2.36. The van der Waals surface area contributed by atoms with E-state index >= 15 is 0 Å². The molecule has 2 N–H and O–H groups in total. The summed E-state index contributed by atoms with van der Waals surface area (Å²) in [5.74, 6) is -0.216. The van der Waals surface area contributed by atoms with Crippen LogP contribution in [0.4, 0.5) is 5.69 Å². The fourth-order valence-corrected chi connectivity index (χ4v) is 5.45. The molecule has 3 aromatic carbocycles. The van der Waals surface area contributed by atoms with Crippen molar-refractivity contribution in [1.82, 2.24) is 10.2 Å². The molecule has 1 heterocycles. The highest BCUT2D eigenvalue weighted by Crippen LogP contribution is 2.25. The summed E-state index contributed by atoms with van der Waals surface area (Å²) in [4.78, 5) is 15.4. The molecule has 34 heavy (non-hydrogen) atoms. The summed E-state index contributed by atoms with van der Waals surface area (Å²) in [7, 11) is -3.76. The zero-order chi connectivity index (χ0) is 24.1. The molecule has 0 spiro atoms. The number of rotatable bonds is 8. The predicted molar refractivity (Wildman–Crippen MR) is 135 cm³/mol. The quantitative estimate of drug-likeness (QED) is 0.494. The molecule has 1 amide bonds. The van der Waals surface area contributed by atoms with Crippen LogP contribution in [-0.2, 0) is 10.0 Å². The minimum absolute atomic E-state index is 0.115. The van der Waals surface area contributed by atoms with Gasteiger partial charge in [0.1, 0.15) is 0 Å². The Hall–Kier alpha value is -3.16. The highest BCUT2D eigenvalue weighted by molar-refractivity contribution is 7.92. The van der Waals surface area contributed by atoms with Crippen molar-refractivity contribution in [2.45, 2.75) is 37.6 Å². The number of likely N-dealkylation sites (tertiary alicyclic amines) is 1. The number of hydrogen-bond donors (Lipinski definition) is 2. The number of nitrogens with zero attached hydrogens (tertiary/aromatic N) is 1. The molecular formula is C27H31N3O3S. The van der Waals surface area contributed by atoms with Crippen molar-refractivity contribution in [1.29, 1.82) is 0 Å². The van der Waals surface area contributed by atoms with Crippen LogP contribution in [0.15, 0.2) is 77.7 Å². The van der Waals surface area contributed by atoms with Crippen LogP contribution >= 0.6 is 0 Å². The highest BCUT2D eigenvalue weighted by atomic mass is 32.2. The molecule has 1 fully saturated rings. The van der Waals surface area contributed by atoms with E-state index in [2.05, 4.69) is 27.1 Å². The van der Waals surface area contributed by atoms with E-state index in [1.807, 2.05) is 44.2 Å². The molecule has 0 aliphatic carbocycles. The Balaban J connectivity index is 1.43. The van der Waals surface area contributed by atoms with Crippen LogP contribution in [0.25, 0.3) is 0 Å². The summed E-state index contributed by atoms with van der Waals surface area (Å²) in [5, 5.41) is 3.04. The van der Waals surface area contributed by atoms with Crippen LogP contribution in [0.2, 0.25) is 0 Å². The average Bonchev–Trinajstić information content (AvgIpc) is 3.37. The first-order valence-corrected chi connectivity index (χ1v) is 13.1. The first-order valence-electron chi connectivity index (χ1n) is 11.6. The third kappa shape index (κ3) is 5.48. The van der Waals surface area contributed by atoms with Crippen molar-refractivity contribution in [2.75, 3.05) is 24.4 Å². The highest BCUT2D eigenvalue weighted by Gasteiger charge is 2.24. The first kappa shape index (κ1) is 24.0. The number of carbonyl (C=O) groups excluding carboxylic acids is 1. The van der Waals surface area contributed by atoms with E-state index < -0.39 is 10.0 Å². The van der Waals surface area contributed by atoms with Crippen molar-refractivity contribution in [2.24, 2.45) is 0 Å². The first-order chi connectivity index (χ1) is 16.3. The van der Waals surface area contributed by atoms with Gasteiger partial charge in [0, 0.05) is 12.1 Å². The predicted octanol–water partition coefficient (Wildman–Crippen LogP) is 4.67. The Bertz CT molecular complexity index is 1240. The molecule has 0 radical (unpaired) electrons. The number of sulfonamides is 1. The van der Waals surface area contributed by atoms with Crippen LogP contribution in [0.3, 0.4) is 0 Å². The molecule has 3 aromatic rings. The summed E-state index contributed by atoms with van der Waals surface area (Å²) in [5.41, 5.74) is 4.06. The fraction of sp³-hybridized carbons (Fsp3) is 0.296. The number of amides is 1. The van der Waals surface area contributed by atoms with Crippen molar-refractivity contribution in [3.8, 4) is 0 Å². The second kappa shape index (κ2) is 10.4. The average molecular weight is 478 g/mol. The van der Waals surface area contributed by atoms with Crippen LogP contribution < -0.4 is 10.0 Å². The number of carbonyl (C=O) groups is 1. The SMILES string of the molecule is Cc1cccc(NS(=O)(=O)c2ccc(C(=O)NC[C@H](c3ccccc3)N3CCCC3)cc2)c1C. The summed E-state index contributed by atoms with van der Waals surface area (Å²) < 4.78 is 28.3. The third-order valence-corrected chi connectivity index (χ3v) is 7.88. The van der Waals surface area contributed by atoms with E-state index in [4.69, 9.17) is 0 Å². The van der Waals surface area contributed by atoms with Crippen LogP contribution in [-0.4, -0.2) is 38.9 Å². The summed E-state index contributed by atoms with van der Waals surface area (Å²) in [6.07, 6.45) is 2.34. The Kier molecular flexibility index (Phi) is 7.34. The van der Waals surface area contributed by atoms with Gasteiger partial charge in [-0.25, -0.2) is 8.42 Å². The van der Waals surface area contributed by atoms with E-state index in [1.54, 1.807) is 18.2 Å². The number of anilines is 1. The lowest BCUT2D eigenvalue weighted by atomic mass is 10.1. The maximum Gasteiger partial charge on any atom is 0.261 e. The number of benzene rings is 3. The Morgan fingerprint density at radius 1 is 0.912 bits per heavy atom. The minimum atomic E-state index is -3.76. The van der Waals surface area contributed by atoms with Gasteiger partial charge >= 0.3 is 0 Å². The largest absolute Gasteiger partial charge is 0.350 e. The second-order valence-corrected chi connectivity index (χ2v) is 10.4. The van der Waals surface area contributed by atoms with Gasteiger partial charge in [-0.1, -0.05) is 42.5 Å². The molecular weight excluding hydrogens is 446 g/mol. The van der Waals surface area contributed by atoms with Gasteiger partial charge in [-0.15, -0.1) is 0 Å². The molecule has 7 heteroatoms. The van der Waals surface area contributed by atoms with Gasteiger partial charge in [0.2, 0.25) is 0 Å². The molecule has 1 aliphatic heterocycles. The standard InChI is InChI=1S/C27H31N3O3S/c1-20-9-8-12-25(21(20)2)29-34(32,33)24-15-13-23(14-16-24)27(31)28-19-26(30-17-6-7-18-30)22-10-4-3-5-11-22/h3-5,8-16,26,29H,6-7,17-19H2,1-2H3,(H,28,31)/t26-/m1/s1. The Morgan fingerprint density at radius 2 is 1.59 bits per heavy atom. The molecule has 4 rings (SSSR count). The van der Waals surface area contributed by atoms with E-state index in [0.717, 1.165) is 24.2 Å². The van der Waals surface area contributed by atoms with Gasteiger partial charge in [0.25, 0.3) is 15.9 Å². The van der Waals surface area contributed by atoms with Gasteiger partial charge in [-0.3, -0.25) is 14.4 Å².